The molecule has 0 saturated heterocycles. The zero-order valence-corrected chi connectivity index (χ0v) is 13.6. The molecule has 1 aromatic carbocycles. The fourth-order valence-electron chi connectivity index (χ4n) is 3.14. The van der Waals surface area contributed by atoms with Gasteiger partial charge in [-0.05, 0) is 37.0 Å². The molecule has 1 saturated carbocycles. The van der Waals surface area contributed by atoms with Crippen molar-refractivity contribution in [3.05, 3.63) is 34.5 Å². The molecule has 0 bridgehead atoms. The number of primary amides is 1. The van der Waals surface area contributed by atoms with Crippen LogP contribution in [0.2, 0.25) is 0 Å². The summed E-state index contributed by atoms with van der Waals surface area (Å²) in [5, 5.41) is 1.16. The minimum absolute atomic E-state index is 0.381. The van der Waals surface area contributed by atoms with E-state index >= 15 is 0 Å². The average Bonchev–Trinajstić information content (AvgIpc) is 3.15. The van der Waals surface area contributed by atoms with Crippen LogP contribution < -0.4 is 11.5 Å². The molecule has 1 heterocycles. The van der Waals surface area contributed by atoms with Crippen molar-refractivity contribution in [2.24, 2.45) is 5.73 Å². The Labute approximate surface area is 134 Å². The molecule has 1 aromatic heterocycles. The van der Waals surface area contributed by atoms with Crippen molar-refractivity contribution >= 4 is 22.9 Å². The monoisotopic (exact) mass is 315 g/mol. The predicted octanol–water partition coefficient (Wildman–Crippen LogP) is 3.71. The molecular weight excluding hydrogens is 294 g/mol. The molecule has 1 aliphatic rings. The van der Waals surface area contributed by atoms with Crippen LogP contribution >= 0.6 is 11.3 Å². The number of carbonyl (C=O) groups is 1. The van der Waals surface area contributed by atoms with Crippen LogP contribution in [-0.4, -0.2) is 10.9 Å². The van der Waals surface area contributed by atoms with Crippen molar-refractivity contribution in [2.75, 3.05) is 5.73 Å². The van der Waals surface area contributed by atoms with Gasteiger partial charge < -0.3 is 11.5 Å². The molecular formula is C17H21N3OS. The first-order valence-electron chi connectivity index (χ1n) is 7.79. The van der Waals surface area contributed by atoms with Gasteiger partial charge in [0.1, 0.15) is 0 Å². The normalized spacial score (nSPS) is 15.3. The number of thiazole rings is 1. The lowest BCUT2D eigenvalue weighted by atomic mass is 9.99. The number of hydrogen-bond donors (Lipinski definition) is 2. The molecule has 4 nitrogen and oxygen atoms in total. The topological polar surface area (TPSA) is 82.0 Å². The first-order valence-corrected chi connectivity index (χ1v) is 8.61. The molecule has 1 amide bonds. The van der Waals surface area contributed by atoms with Gasteiger partial charge in [0.05, 0.1) is 21.1 Å². The molecule has 0 spiro atoms. The van der Waals surface area contributed by atoms with E-state index < -0.39 is 5.91 Å². The number of aromatic nitrogens is 1. The van der Waals surface area contributed by atoms with E-state index in [4.69, 9.17) is 16.5 Å². The Morgan fingerprint density at radius 2 is 2.09 bits per heavy atom. The Morgan fingerprint density at radius 3 is 2.68 bits per heavy atom. The van der Waals surface area contributed by atoms with Crippen molar-refractivity contribution in [3.8, 4) is 10.4 Å². The van der Waals surface area contributed by atoms with Gasteiger partial charge in [0.25, 0.3) is 5.91 Å². The summed E-state index contributed by atoms with van der Waals surface area (Å²) in [5.41, 5.74) is 14.4. The summed E-state index contributed by atoms with van der Waals surface area (Å²) in [6.45, 7) is 2.13. The van der Waals surface area contributed by atoms with Gasteiger partial charge >= 0.3 is 0 Å². The van der Waals surface area contributed by atoms with E-state index in [1.54, 1.807) is 17.4 Å². The van der Waals surface area contributed by atoms with Gasteiger partial charge in [-0.3, -0.25) is 4.79 Å². The highest BCUT2D eigenvalue weighted by molar-refractivity contribution is 7.15. The summed E-state index contributed by atoms with van der Waals surface area (Å²) in [6.07, 6.45) is 5.94. The predicted molar refractivity (Wildman–Crippen MR) is 91.1 cm³/mol. The van der Waals surface area contributed by atoms with Crippen molar-refractivity contribution in [1.82, 2.24) is 4.98 Å². The van der Waals surface area contributed by atoms with Gasteiger partial charge in [-0.1, -0.05) is 25.8 Å². The van der Waals surface area contributed by atoms with E-state index in [9.17, 15) is 4.79 Å². The molecule has 0 aliphatic heterocycles. The van der Waals surface area contributed by atoms with Crippen molar-refractivity contribution < 1.29 is 4.79 Å². The average molecular weight is 315 g/mol. The Bertz CT molecular complexity index is 702. The number of nitrogen functional groups attached to an aromatic ring is 1. The van der Waals surface area contributed by atoms with Gasteiger partial charge in [0, 0.05) is 11.6 Å². The van der Waals surface area contributed by atoms with Crippen LogP contribution in [0.15, 0.2) is 18.2 Å². The number of carbonyl (C=O) groups excluding carboxylic acids is 1. The molecule has 3 rings (SSSR count). The number of aryl methyl sites for hydroxylation is 1. The zero-order valence-electron chi connectivity index (χ0n) is 12.8. The lowest BCUT2D eigenvalue weighted by Crippen LogP contribution is -2.13. The highest BCUT2D eigenvalue weighted by Crippen LogP contribution is 2.42. The Morgan fingerprint density at radius 1 is 1.36 bits per heavy atom. The molecule has 2 aromatic rings. The van der Waals surface area contributed by atoms with Crippen LogP contribution in [0.3, 0.4) is 0 Å². The van der Waals surface area contributed by atoms with E-state index in [0.29, 0.717) is 17.2 Å². The molecule has 22 heavy (non-hydrogen) atoms. The second-order valence-corrected chi connectivity index (χ2v) is 6.91. The molecule has 0 atom stereocenters. The Kier molecular flexibility index (Phi) is 4.16. The summed E-state index contributed by atoms with van der Waals surface area (Å²) in [4.78, 5) is 17.4. The third kappa shape index (κ3) is 2.73. The largest absolute Gasteiger partial charge is 0.398 e. The van der Waals surface area contributed by atoms with E-state index in [1.807, 2.05) is 12.1 Å². The second-order valence-electron chi connectivity index (χ2n) is 5.82. The zero-order chi connectivity index (χ0) is 15.7. The fraction of sp³-hybridized carbons (Fsp3) is 0.412. The smallest absolute Gasteiger partial charge is 0.250 e. The van der Waals surface area contributed by atoms with E-state index in [0.717, 1.165) is 17.0 Å². The Balaban J connectivity index is 2.05. The van der Waals surface area contributed by atoms with Crippen LogP contribution in [0.25, 0.3) is 10.4 Å². The van der Waals surface area contributed by atoms with Crippen LogP contribution in [0, 0.1) is 0 Å². The number of nitrogens with two attached hydrogens (primary N) is 2. The van der Waals surface area contributed by atoms with Gasteiger partial charge in [-0.2, -0.15) is 0 Å². The third-order valence-electron chi connectivity index (χ3n) is 4.32. The van der Waals surface area contributed by atoms with Gasteiger partial charge in [0.2, 0.25) is 0 Å². The van der Waals surface area contributed by atoms with Crippen LogP contribution in [-0.2, 0) is 6.42 Å². The first-order chi connectivity index (χ1) is 10.6. The van der Waals surface area contributed by atoms with E-state index in [-0.39, 0.29) is 0 Å². The van der Waals surface area contributed by atoms with Crippen molar-refractivity contribution in [1.29, 1.82) is 0 Å². The number of benzene rings is 1. The minimum Gasteiger partial charge on any atom is -0.398 e. The molecule has 116 valence electrons. The van der Waals surface area contributed by atoms with Gasteiger partial charge in [-0.15, -0.1) is 11.3 Å². The SMILES string of the molecule is CCc1nc(C2CCCC2)c(-c2ccc(C(N)=O)c(N)c2)s1. The van der Waals surface area contributed by atoms with Crippen LogP contribution in [0.1, 0.15) is 59.6 Å². The lowest BCUT2D eigenvalue weighted by molar-refractivity contribution is 0.100. The maximum atomic E-state index is 11.3. The maximum Gasteiger partial charge on any atom is 0.250 e. The fourth-order valence-corrected chi connectivity index (χ4v) is 4.23. The highest BCUT2D eigenvalue weighted by atomic mass is 32.1. The van der Waals surface area contributed by atoms with Crippen LogP contribution in [0.5, 0.6) is 0 Å². The quantitative estimate of drug-likeness (QED) is 0.844. The van der Waals surface area contributed by atoms with Gasteiger partial charge in [0.15, 0.2) is 0 Å². The van der Waals surface area contributed by atoms with Crippen molar-refractivity contribution in [3.63, 3.8) is 0 Å². The highest BCUT2D eigenvalue weighted by Gasteiger charge is 2.24. The minimum atomic E-state index is -0.487. The Hall–Kier alpha value is -1.88. The number of rotatable bonds is 4. The second kappa shape index (κ2) is 6.08. The standard InChI is InChI=1S/C17H21N3OS/c1-2-14-20-15(10-5-3-4-6-10)16(22-14)11-7-8-12(17(19)21)13(18)9-11/h7-10H,2-6,18H2,1H3,(H2,19,21). The molecule has 4 N–H and O–H groups in total. The number of hydrogen-bond acceptors (Lipinski definition) is 4. The molecule has 1 aliphatic carbocycles. The third-order valence-corrected chi connectivity index (χ3v) is 5.59. The summed E-state index contributed by atoms with van der Waals surface area (Å²) >= 11 is 1.74. The van der Waals surface area contributed by atoms with Gasteiger partial charge in [-0.25, -0.2) is 4.98 Å². The molecule has 0 radical (unpaired) electrons. The number of amides is 1. The van der Waals surface area contributed by atoms with E-state index in [2.05, 4.69) is 6.92 Å². The lowest BCUT2D eigenvalue weighted by Gasteiger charge is -2.10. The molecule has 0 unspecified atom stereocenters. The first kappa shape index (κ1) is 15.0. The number of anilines is 1. The number of nitrogens with zero attached hydrogens (tertiary/aromatic N) is 1. The van der Waals surface area contributed by atoms with Crippen LogP contribution in [0.4, 0.5) is 5.69 Å². The van der Waals surface area contributed by atoms with E-state index in [1.165, 1.54) is 36.3 Å². The molecule has 1 fully saturated rings. The maximum absolute atomic E-state index is 11.3. The summed E-state index contributed by atoms with van der Waals surface area (Å²) in [6, 6.07) is 5.50. The summed E-state index contributed by atoms with van der Waals surface area (Å²) < 4.78 is 0. The van der Waals surface area contributed by atoms with Crippen molar-refractivity contribution in [2.45, 2.75) is 44.9 Å². The summed E-state index contributed by atoms with van der Waals surface area (Å²) in [5.74, 6) is 0.0715. The molecule has 5 heteroatoms. The summed E-state index contributed by atoms with van der Waals surface area (Å²) in [7, 11) is 0.